The summed E-state index contributed by atoms with van der Waals surface area (Å²) in [5.41, 5.74) is -2.64. The molecular formula is C57H88N4O17. The Morgan fingerprint density at radius 3 is 2.29 bits per heavy atom. The van der Waals surface area contributed by atoms with Crippen LogP contribution in [0.15, 0.2) is 23.1 Å². The number of Topliss-reactive ketones (excluding diaryl/α,β-unsaturated/α-hetero) is 1. The number of nitrogens with zero attached hydrogens (tertiary/aromatic N) is 2. The first-order chi connectivity index (χ1) is 36.8. The molecule has 18 atom stereocenters. The Labute approximate surface area is 458 Å². The summed E-state index contributed by atoms with van der Waals surface area (Å²) < 4.78 is 66.5. The first kappa shape index (κ1) is 61.3. The average molecular weight is 1100 g/mol. The Balaban J connectivity index is 1.07. The van der Waals surface area contributed by atoms with Crippen LogP contribution in [0.2, 0.25) is 0 Å². The molecule has 6 heterocycles. The van der Waals surface area contributed by atoms with Crippen molar-refractivity contribution >= 4 is 34.7 Å². The number of rotatable bonds is 18. The molecule has 0 radical (unpaired) electrons. The number of aryl methyl sites for hydroxylation is 2. The number of pyridine rings is 1. The SMILES string of the molecule is CC[C@H]1OC(=O)[C@H](C)[C@@H](O[C@H]2C[C@@](C)(OC)[C@@H](OCCCNCCOc3cc4c5c(c3)c(=O)c(C(=O)O)cn5CCC4)[C@H](C)O2)[C@H](C)[C@@H](O[C@@H]2O[C@H](C)CC(N(C)C)[C@H]2O)[C@](C)(OC)C[C@@H](C)C(=O)[C@H](C)[C@H]2NC(=O)O[C@@]21C. The number of ketones is 1. The molecule has 1 aromatic heterocycles. The lowest BCUT2D eigenvalue weighted by molar-refractivity contribution is -0.322. The molecule has 21 nitrogen and oxygen atoms in total. The van der Waals surface area contributed by atoms with Gasteiger partial charge in [-0.2, -0.15) is 0 Å². The summed E-state index contributed by atoms with van der Waals surface area (Å²) in [6.45, 7) is 20.7. The molecule has 2 aromatic rings. The largest absolute Gasteiger partial charge is 0.492 e. The normalized spacial score (nSPS) is 37.8. The van der Waals surface area contributed by atoms with Crippen LogP contribution < -0.4 is 20.8 Å². The van der Waals surface area contributed by atoms with E-state index in [-0.39, 0.29) is 42.8 Å². The van der Waals surface area contributed by atoms with E-state index < -0.39 is 119 Å². The van der Waals surface area contributed by atoms with Gasteiger partial charge in [0, 0.05) is 70.3 Å². The van der Waals surface area contributed by atoms with Gasteiger partial charge in [-0.1, -0.05) is 27.7 Å². The number of methoxy groups -OCH3 is 2. The Kier molecular flexibility index (Phi) is 19.8. The van der Waals surface area contributed by atoms with E-state index in [1.165, 1.54) is 6.20 Å². The lowest BCUT2D eigenvalue weighted by Gasteiger charge is -2.50. The number of benzene rings is 1. The zero-order chi connectivity index (χ0) is 57.2. The standard InChI is InChI=1S/C57H88N4O17/c1-15-41-57(10)48(59-54(68)78-57)32(4)44(62)30(2)27-55(8,69-13)49(77-53-46(64)40(60(11)12)24-31(3)73-53)33(5)47(34(6)52(67)75-41)76-42-28-56(9,70-14)50(35(7)74-42)72-22-17-19-58-20-23-71-37-25-36-18-16-21-61-29-39(51(65)66)45(63)38(26-37)43(36)61/h25-26,29-35,40-42,46-50,53,58,64H,15-24,27-28H2,1-14H3,(H,59,68)(H,65,66)/t30-,31-,32+,33+,34-,35+,40?,41-,42+,46-,47+,48-,49-,50+,53+,55-,56-,57-/m1/s1. The van der Waals surface area contributed by atoms with Crippen LogP contribution in [0.25, 0.3) is 10.9 Å². The van der Waals surface area contributed by atoms with Gasteiger partial charge in [-0.25, -0.2) is 9.59 Å². The van der Waals surface area contributed by atoms with Crippen LogP contribution >= 0.6 is 0 Å². The quantitative estimate of drug-likeness (QED) is 0.110. The molecule has 0 spiro atoms. The number of aliphatic hydroxyl groups is 1. The van der Waals surface area contributed by atoms with Crippen LogP contribution in [0.1, 0.15) is 124 Å². The highest BCUT2D eigenvalue weighted by atomic mass is 16.7. The molecule has 1 unspecified atom stereocenters. The number of ether oxygens (including phenoxy) is 10. The molecule has 78 heavy (non-hydrogen) atoms. The number of aromatic carboxylic acids is 1. The van der Waals surface area contributed by atoms with Gasteiger partial charge in [0.25, 0.3) is 0 Å². The van der Waals surface area contributed by atoms with E-state index in [2.05, 4.69) is 10.6 Å². The van der Waals surface area contributed by atoms with Crippen LogP contribution in [-0.2, 0) is 65.2 Å². The zero-order valence-electron chi connectivity index (χ0n) is 48.3. The van der Waals surface area contributed by atoms with E-state index in [0.29, 0.717) is 56.8 Å². The van der Waals surface area contributed by atoms with Gasteiger partial charge in [-0.3, -0.25) is 14.4 Å². The van der Waals surface area contributed by atoms with Crippen LogP contribution in [-0.4, -0.2) is 182 Å². The predicted octanol–water partition coefficient (Wildman–Crippen LogP) is 5.24. The molecule has 1 aromatic carbocycles. The molecule has 4 saturated heterocycles. The third-order valence-corrected chi connectivity index (χ3v) is 17.5. The minimum Gasteiger partial charge on any atom is -0.492 e. The first-order valence-electron chi connectivity index (χ1n) is 28.0. The van der Waals surface area contributed by atoms with Gasteiger partial charge in [-0.05, 0) is 118 Å². The topological polar surface area (TPSA) is 250 Å². The third kappa shape index (κ3) is 12.7. The number of carbonyl (C=O) groups excluding carboxylic acids is 3. The van der Waals surface area contributed by atoms with E-state index in [0.717, 1.165) is 23.9 Å². The van der Waals surface area contributed by atoms with Crippen molar-refractivity contribution in [1.82, 2.24) is 20.1 Å². The number of esters is 1. The van der Waals surface area contributed by atoms with Crippen LogP contribution in [0.5, 0.6) is 5.75 Å². The fourth-order valence-electron chi connectivity index (χ4n) is 13.1. The number of carbonyl (C=O) groups is 4. The number of carboxylic acid groups (broad SMARTS) is 1. The van der Waals surface area contributed by atoms with Crippen molar-refractivity contribution in [1.29, 1.82) is 0 Å². The highest BCUT2D eigenvalue weighted by Crippen LogP contribution is 2.43. The number of alkyl carbamates (subject to hydrolysis) is 1. The number of hydrogen-bond acceptors (Lipinski definition) is 18. The number of hydrogen-bond donors (Lipinski definition) is 4. The Hall–Kier alpha value is -4.29. The summed E-state index contributed by atoms with van der Waals surface area (Å²) >= 11 is 0. The molecule has 0 bridgehead atoms. The number of likely N-dealkylation sites (N-methyl/N-ethyl adjacent to an activating group) is 1. The summed E-state index contributed by atoms with van der Waals surface area (Å²) in [6.07, 6.45) is -3.32. The van der Waals surface area contributed by atoms with Gasteiger partial charge in [0.05, 0.1) is 58.5 Å². The van der Waals surface area contributed by atoms with Crippen molar-refractivity contribution < 1.29 is 76.8 Å². The maximum atomic E-state index is 14.8. The molecular weight excluding hydrogens is 1010 g/mol. The van der Waals surface area contributed by atoms with Crippen LogP contribution in [0.3, 0.4) is 0 Å². The van der Waals surface area contributed by atoms with E-state index in [1.807, 2.05) is 78.1 Å². The number of cyclic esters (lactones) is 1. The molecule has 5 aliphatic rings. The fourth-order valence-corrected chi connectivity index (χ4v) is 13.1. The maximum Gasteiger partial charge on any atom is 0.408 e. The summed E-state index contributed by atoms with van der Waals surface area (Å²) in [4.78, 5) is 69.3. The van der Waals surface area contributed by atoms with Crippen LogP contribution in [0, 0.1) is 23.7 Å². The van der Waals surface area contributed by atoms with E-state index in [1.54, 1.807) is 41.1 Å². The number of carboxylic acids is 1. The van der Waals surface area contributed by atoms with Gasteiger partial charge in [0.15, 0.2) is 18.2 Å². The number of aliphatic hydroxyl groups excluding tert-OH is 1. The lowest BCUT2D eigenvalue weighted by Crippen LogP contribution is -2.61. The summed E-state index contributed by atoms with van der Waals surface area (Å²) in [5.74, 6) is -4.65. The second-order valence-electron chi connectivity index (χ2n) is 23.4. The Morgan fingerprint density at radius 1 is 0.923 bits per heavy atom. The highest BCUT2D eigenvalue weighted by molar-refractivity contribution is 5.94. The molecule has 4 N–H and O–H groups in total. The average Bonchev–Trinajstić information content (AvgIpc) is 3.72. The minimum atomic E-state index is -1.39. The van der Waals surface area contributed by atoms with Gasteiger partial charge < -0.3 is 77.7 Å². The van der Waals surface area contributed by atoms with E-state index in [9.17, 15) is 34.2 Å². The molecule has 0 saturated carbocycles. The Bertz CT molecular complexity index is 2510. The van der Waals surface area contributed by atoms with Gasteiger partial charge >= 0.3 is 18.0 Å². The fraction of sp³-hybridized carbons (Fsp3) is 0.772. The van der Waals surface area contributed by atoms with Crippen molar-refractivity contribution in [3.05, 3.63) is 39.7 Å². The smallest absolute Gasteiger partial charge is 0.408 e. The van der Waals surface area contributed by atoms with E-state index >= 15 is 0 Å². The summed E-state index contributed by atoms with van der Waals surface area (Å²) in [5, 5.41) is 28.1. The highest BCUT2D eigenvalue weighted by Gasteiger charge is 2.58. The predicted molar refractivity (Wildman–Crippen MR) is 286 cm³/mol. The lowest BCUT2D eigenvalue weighted by atomic mass is 9.73. The second kappa shape index (κ2) is 25.2. The van der Waals surface area contributed by atoms with Crippen LogP contribution in [0.4, 0.5) is 4.79 Å². The van der Waals surface area contributed by atoms with Crippen molar-refractivity contribution in [2.75, 3.05) is 54.6 Å². The Morgan fingerprint density at radius 2 is 1.63 bits per heavy atom. The van der Waals surface area contributed by atoms with E-state index in [4.69, 9.17) is 47.4 Å². The number of nitrogens with one attached hydrogen (secondary N) is 2. The number of aromatic nitrogens is 1. The number of fused-ring (bicyclic) bond motifs is 1. The van der Waals surface area contributed by atoms with Gasteiger partial charge in [0.1, 0.15) is 42.0 Å². The van der Waals surface area contributed by atoms with Crippen molar-refractivity contribution in [3.8, 4) is 5.75 Å². The molecule has 438 valence electrons. The zero-order valence-corrected chi connectivity index (χ0v) is 48.3. The molecule has 5 aliphatic heterocycles. The summed E-state index contributed by atoms with van der Waals surface area (Å²) in [6, 6.07) is 2.43. The molecule has 4 fully saturated rings. The monoisotopic (exact) mass is 1100 g/mol. The first-order valence-corrected chi connectivity index (χ1v) is 28.0. The maximum absolute atomic E-state index is 14.8. The van der Waals surface area contributed by atoms with Gasteiger partial charge in [-0.15, -0.1) is 0 Å². The van der Waals surface area contributed by atoms with Crippen molar-refractivity contribution in [3.63, 3.8) is 0 Å². The van der Waals surface area contributed by atoms with Gasteiger partial charge in [0.2, 0.25) is 5.43 Å². The van der Waals surface area contributed by atoms with Crippen molar-refractivity contribution in [2.45, 2.75) is 205 Å². The minimum absolute atomic E-state index is 0.147. The molecule has 7 rings (SSSR count). The summed E-state index contributed by atoms with van der Waals surface area (Å²) in [7, 11) is 6.94. The molecule has 21 heteroatoms. The molecule has 1 amide bonds. The number of amides is 1. The molecule has 0 aliphatic carbocycles. The third-order valence-electron chi connectivity index (χ3n) is 17.5. The second-order valence-corrected chi connectivity index (χ2v) is 23.4. The van der Waals surface area contributed by atoms with Crippen molar-refractivity contribution in [2.24, 2.45) is 23.7 Å².